The van der Waals surface area contributed by atoms with Crippen molar-refractivity contribution in [3.05, 3.63) is 29.8 Å². The Labute approximate surface area is 107 Å². The first-order chi connectivity index (χ1) is 8.67. The molecule has 0 spiro atoms. The minimum atomic E-state index is -0.314. The lowest BCUT2D eigenvalue weighted by Gasteiger charge is -2.14. The number of carbonyl (C=O) groups is 1. The van der Waals surface area contributed by atoms with Crippen LogP contribution in [0.2, 0.25) is 0 Å². The lowest BCUT2D eigenvalue weighted by Crippen LogP contribution is -2.39. The fourth-order valence-corrected chi connectivity index (χ4v) is 1.92. The Morgan fingerprint density at radius 3 is 2.89 bits per heavy atom. The molecule has 0 aliphatic heterocycles. The van der Waals surface area contributed by atoms with E-state index in [-0.39, 0.29) is 18.1 Å². The van der Waals surface area contributed by atoms with E-state index in [1.54, 1.807) is 7.11 Å². The fraction of sp³-hybridized carbons (Fsp3) is 0.500. The molecule has 0 unspecified atom stereocenters. The minimum Gasteiger partial charge on any atom is -0.497 e. The lowest BCUT2D eigenvalue weighted by atomic mass is 10.1. The predicted molar refractivity (Wildman–Crippen MR) is 68.5 cm³/mol. The molecule has 1 fully saturated rings. The van der Waals surface area contributed by atoms with Crippen LogP contribution >= 0.6 is 0 Å². The van der Waals surface area contributed by atoms with Crippen molar-refractivity contribution in [3.8, 4) is 5.75 Å². The molecule has 0 aromatic heterocycles. The first-order valence-electron chi connectivity index (χ1n) is 6.22. The third-order valence-electron chi connectivity index (χ3n) is 3.34. The van der Waals surface area contributed by atoms with Crippen LogP contribution < -0.4 is 10.1 Å². The normalized spacial score (nSPS) is 16.1. The van der Waals surface area contributed by atoms with Gasteiger partial charge < -0.3 is 15.2 Å². The molecule has 1 aliphatic rings. The monoisotopic (exact) mass is 249 g/mol. The summed E-state index contributed by atoms with van der Waals surface area (Å²) in [6.07, 6.45) is 2.89. The Hall–Kier alpha value is -1.55. The van der Waals surface area contributed by atoms with Crippen molar-refractivity contribution in [2.75, 3.05) is 13.7 Å². The van der Waals surface area contributed by atoms with Gasteiger partial charge in [0.2, 0.25) is 5.91 Å². The quantitative estimate of drug-likeness (QED) is 0.798. The van der Waals surface area contributed by atoms with Gasteiger partial charge in [-0.15, -0.1) is 0 Å². The van der Waals surface area contributed by atoms with Crippen LogP contribution in [0.3, 0.4) is 0 Å². The average molecular weight is 249 g/mol. The van der Waals surface area contributed by atoms with Gasteiger partial charge in [0.25, 0.3) is 0 Å². The molecule has 1 saturated carbocycles. The van der Waals surface area contributed by atoms with Crippen LogP contribution in [0.1, 0.15) is 24.8 Å². The van der Waals surface area contributed by atoms with Gasteiger partial charge in [-0.25, -0.2) is 0 Å². The van der Waals surface area contributed by atoms with Gasteiger partial charge in [-0.2, -0.15) is 0 Å². The van der Waals surface area contributed by atoms with Gasteiger partial charge in [0, 0.05) is 6.42 Å². The number of aryl methyl sites for hydroxylation is 1. The maximum Gasteiger partial charge on any atom is 0.220 e. The molecule has 2 rings (SSSR count). The summed E-state index contributed by atoms with van der Waals surface area (Å²) in [5.74, 6) is 0.811. The van der Waals surface area contributed by atoms with E-state index in [9.17, 15) is 4.79 Å². The zero-order valence-corrected chi connectivity index (χ0v) is 10.6. The van der Waals surface area contributed by atoms with Crippen LogP contribution in [0.25, 0.3) is 0 Å². The van der Waals surface area contributed by atoms with Crippen molar-refractivity contribution < 1.29 is 14.6 Å². The Balaban J connectivity index is 1.81. The third kappa shape index (κ3) is 3.23. The molecule has 0 bridgehead atoms. The molecule has 0 radical (unpaired) electrons. The zero-order valence-electron chi connectivity index (χ0n) is 10.6. The smallest absolute Gasteiger partial charge is 0.220 e. The Morgan fingerprint density at radius 1 is 1.50 bits per heavy atom. The number of rotatable bonds is 6. The summed E-state index contributed by atoms with van der Waals surface area (Å²) < 4.78 is 5.14. The van der Waals surface area contributed by atoms with Crippen molar-refractivity contribution in [3.63, 3.8) is 0 Å². The summed E-state index contributed by atoms with van der Waals surface area (Å²) in [5.41, 5.74) is 0.768. The highest BCUT2D eigenvalue weighted by atomic mass is 16.5. The van der Waals surface area contributed by atoms with Gasteiger partial charge in [0.15, 0.2) is 0 Å². The van der Waals surface area contributed by atoms with Gasteiger partial charge in [-0.3, -0.25) is 4.79 Å². The summed E-state index contributed by atoms with van der Waals surface area (Å²) in [7, 11) is 1.63. The molecule has 0 atom stereocenters. The lowest BCUT2D eigenvalue weighted by molar-refractivity contribution is -0.122. The molecule has 1 aromatic rings. The summed E-state index contributed by atoms with van der Waals surface area (Å²) in [5, 5.41) is 12.0. The van der Waals surface area contributed by atoms with Crippen LogP contribution in [0, 0.1) is 0 Å². The predicted octanol–water partition coefficient (Wildman–Crippen LogP) is 1.27. The number of aliphatic hydroxyl groups excluding tert-OH is 1. The van der Waals surface area contributed by atoms with E-state index in [1.807, 2.05) is 24.3 Å². The first-order valence-corrected chi connectivity index (χ1v) is 6.22. The fourth-order valence-electron chi connectivity index (χ4n) is 1.92. The second-order valence-electron chi connectivity index (χ2n) is 4.84. The molecule has 0 saturated heterocycles. The molecule has 1 aliphatic carbocycles. The van der Waals surface area contributed by atoms with Crippen LogP contribution in [0.15, 0.2) is 24.3 Å². The van der Waals surface area contributed by atoms with Crippen LogP contribution in [0.4, 0.5) is 0 Å². The molecule has 0 heterocycles. The van der Waals surface area contributed by atoms with E-state index in [2.05, 4.69) is 5.32 Å². The van der Waals surface area contributed by atoms with Crippen molar-refractivity contribution in [2.45, 2.75) is 31.2 Å². The van der Waals surface area contributed by atoms with E-state index in [1.165, 1.54) is 0 Å². The summed E-state index contributed by atoms with van der Waals surface area (Å²) in [6.45, 7) is 0.0396. The van der Waals surface area contributed by atoms with Crippen LogP contribution in [-0.4, -0.2) is 30.3 Å². The maximum absolute atomic E-state index is 11.7. The van der Waals surface area contributed by atoms with Crippen molar-refractivity contribution in [1.29, 1.82) is 0 Å². The number of nitrogens with one attached hydrogen (secondary N) is 1. The number of amides is 1. The zero-order chi connectivity index (χ0) is 13.0. The van der Waals surface area contributed by atoms with Gasteiger partial charge in [0.05, 0.1) is 19.3 Å². The van der Waals surface area contributed by atoms with Crippen LogP contribution in [0.5, 0.6) is 5.75 Å². The number of carbonyl (C=O) groups excluding carboxylic acids is 1. The Kier molecular flexibility index (Phi) is 3.87. The number of hydrogen-bond donors (Lipinski definition) is 2. The molecule has 4 heteroatoms. The van der Waals surface area contributed by atoms with E-state index in [0.717, 1.165) is 24.2 Å². The maximum atomic E-state index is 11.7. The summed E-state index contributed by atoms with van der Waals surface area (Å²) in [4.78, 5) is 11.7. The molecule has 18 heavy (non-hydrogen) atoms. The number of aliphatic hydroxyl groups is 1. The van der Waals surface area contributed by atoms with Crippen LogP contribution in [-0.2, 0) is 11.2 Å². The van der Waals surface area contributed by atoms with Gasteiger partial charge in [-0.1, -0.05) is 12.1 Å². The largest absolute Gasteiger partial charge is 0.497 e. The molecule has 4 nitrogen and oxygen atoms in total. The SMILES string of the molecule is COc1cccc(CCC(=O)NC2(CO)CC2)c1. The highest BCUT2D eigenvalue weighted by Gasteiger charge is 2.43. The highest BCUT2D eigenvalue weighted by Crippen LogP contribution is 2.34. The molecule has 98 valence electrons. The van der Waals surface area contributed by atoms with Crippen molar-refractivity contribution >= 4 is 5.91 Å². The van der Waals surface area contributed by atoms with Gasteiger partial charge in [-0.05, 0) is 37.0 Å². The van der Waals surface area contributed by atoms with E-state index < -0.39 is 0 Å². The van der Waals surface area contributed by atoms with Gasteiger partial charge in [0.1, 0.15) is 5.75 Å². The number of benzene rings is 1. The first kappa shape index (κ1) is 12.9. The Bertz CT molecular complexity index is 427. The van der Waals surface area contributed by atoms with Crippen molar-refractivity contribution in [1.82, 2.24) is 5.32 Å². The summed E-state index contributed by atoms with van der Waals surface area (Å²) in [6, 6.07) is 7.72. The Morgan fingerprint density at radius 2 is 2.28 bits per heavy atom. The molecule has 2 N–H and O–H groups in total. The molecular weight excluding hydrogens is 230 g/mol. The standard InChI is InChI=1S/C14H19NO3/c1-18-12-4-2-3-11(9-12)5-6-13(17)15-14(10-16)7-8-14/h2-4,9,16H,5-8,10H2,1H3,(H,15,17). The number of ether oxygens (including phenoxy) is 1. The molecule has 1 amide bonds. The third-order valence-corrected chi connectivity index (χ3v) is 3.34. The molecule has 1 aromatic carbocycles. The van der Waals surface area contributed by atoms with Gasteiger partial charge >= 0.3 is 0 Å². The second kappa shape index (κ2) is 5.40. The second-order valence-corrected chi connectivity index (χ2v) is 4.84. The van der Waals surface area contributed by atoms with Crippen molar-refractivity contribution in [2.24, 2.45) is 0 Å². The van der Waals surface area contributed by atoms with E-state index in [0.29, 0.717) is 12.8 Å². The number of methoxy groups -OCH3 is 1. The van der Waals surface area contributed by atoms with E-state index in [4.69, 9.17) is 9.84 Å². The molecular formula is C14H19NO3. The summed E-state index contributed by atoms with van der Waals surface area (Å²) >= 11 is 0. The highest BCUT2D eigenvalue weighted by molar-refractivity contribution is 5.77. The average Bonchev–Trinajstić information content (AvgIpc) is 3.17. The number of hydrogen-bond acceptors (Lipinski definition) is 3. The van der Waals surface area contributed by atoms with E-state index >= 15 is 0 Å². The minimum absolute atomic E-state index is 0.00405. The topological polar surface area (TPSA) is 58.6 Å².